The molecule has 1 atom stereocenters. The maximum absolute atomic E-state index is 11.9. The van der Waals surface area contributed by atoms with E-state index in [9.17, 15) is 4.79 Å². The minimum atomic E-state index is -0.342. The molecule has 0 aromatic carbocycles. The van der Waals surface area contributed by atoms with Gasteiger partial charge in [-0.15, -0.1) is 11.3 Å². The van der Waals surface area contributed by atoms with Gasteiger partial charge in [0.15, 0.2) is 16.9 Å². The average molecular weight is 354 g/mol. The van der Waals surface area contributed by atoms with Crippen molar-refractivity contribution in [1.82, 2.24) is 20.2 Å². The molecule has 1 unspecified atom stereocenters. The lowest BCUT2D eigenvalue weighted by Crippen LogP contribution is -2.33. The molecule has 1 fully saturated rings. The van der Waals surface area contributed by atoms with E-state index in [2.05, 4.69) is 15.7 Å². The third-order valence-electron chi connectivity index (χ3n) is 3.50. The summed E-state index contributed by atoms with van der Waals surface area (Å²) in [5.41, 5.74) is 2.45. The second-order valence-corrected chi connectivity index (χ2v) is 6.50. The first kappa shape index (κ1) is 16.3. The number of aromatic nitrogens is 3. The first-order valence-electron chi connectivity index (χ1n) is 7.49. The Morgan fingerprint density at radius 1 is 1.61 bits per heavy atom. The summed E-state index contributed by atoms with van der Waals surface area (Å²) < 4.78 is 7.71. The van der Waals surface area contributed by atoms with E-state index in [0.717, 1.165) is 30.0 Å². The fourth-order valence-electron chi connectivity index (χ4n) is 2.32. The van der Waals surface area contributed by atoms with E-state index >= 15 is 0 Å². The molecule has 1 aliphatic rings. The largest absolute Gasteiger partial charge is 0.350 e. The molecule has 2 aromatic rings. The third kappa shape index (κ3) is 4.25. The van der Waals surface area contributed by atoms with Crippen molar-refractivity contribution in [3.63, 3.8) is 0 Å². The van der Waals surface area contributed by atoms with Crippen LogP contribution in [0.3, 0.4) is 0 Å². The quantitative estimate of drug-likeness (QED) is 0.616. The van der Waals surface area contributed by atoms with Gasteiger partial charge in [0.2, 0.25) is 5.91 Å². The van der Waals surface area contributed by atoms with Crippen LogP contribution >= 0.6 is 23.6 Å². The first-order chi connectivity index (χ1) is 11.2. The molecule has 3 heterocycles. The Hall–Kier alpha value is -1.55. The van der Waals surface area contributed by atoms with Gasteiger partial charge in [-0.05, 0) is 36.5 Å². The molecule has 2 aromatic heterocycles. The number of aromatic amines is 1. The second kappa shape index (κ2) is 7.82. The molecule has 1 saturated heterocycles. The average Bonchev–Trinajstić information content (AvgIpc) is 3.21. The Labute approximate surface area is 142 Å². The van der Waals surface area contributed by atoms with Crippen molar-refractivity contribution >= 4 is 29.5 Å². The van der Waals surface area contributed by atoms with Gasteiger partial charge in [0, 0.05) is 26.0 Å². The minimum absolute atomic E-state index is 0.209. The number of hydroxylamine groups is 1. The maximum Gasteiger partial charge on any atom is 0.245 e. The number of thiophene rings is 1. The molecule has 1 aliphatic heterocycles. The van der Waals surface area contributed by atoms with Crippen LogP contribution in [0.5, 0.6) is 0 Å². The summed E-state index contributed by atoms with van der Waals surface area (Å²) in [6.07, 6.45) is 2.80. The number of H-pyrrole nitrogens is 1. The minimum Gasteiger partial charge on any atom is -0.350 e. The topological polar surface area (TPSA) is 81.2 Å². The number of hydrogen-bond acceptors (Lipinski definition) is 6. The lowest BCUT2D eigenvalue weighted by molar-refractivity contribution is -0.200. The van der Waals surface area contributed by atoms with Gasteiger partial charge in [-0.1, -0.05) is 6.07 Å². The maximum atomic E-state index is 11.9. The molecular weight excluding hydrogens is 336 g/mol. The number of ether oxygens (including phenoxy) is 1. The van der Waals surface area contributed by atoms with Gasteiger partial charge in [0.05, 0.1) is 4.88 Å². The molecule has 0 saturated carbocycles. The highest BCUT2D eigenvalue weighted by molar-refractivity contribution is 7.71. The first-order valence-corrected chi connectivity index (χ1v) is 8.78. The van der Waals surface area contributed by atoms with Crippen molar-refractivity contribution in [2.75, 3.05) is 6.61 Å². The van der Waals surface area contributed by atoms with E-state index in [0.29, 0.717) is 17.9 Å². The molecule has 3 rings (SSSR count). The van der Waals surface area contributed by atoms with Crippen LogP contribution in [0.4, 0.5) is 0 Å². The summed E-state index contributed by atoms with van der Waals surface area (Å²) in [6, 6.07) is 3.92. The van der Waals surface area contributed by atoms with Gasteiger partial charge >= 0.3 is 0 Å². The molecule has 23 heavy (non-hydrogen) atoms. The fourth-order valence-corrected chi connectivity index (χ4v) is 3.26. The Balaban J connectivity index is 1.53. The highest BCUT2D eigenvalue weighted by Gasteiger charge is 2.16. The predicted molar refractivity (Wildman–Crippen MR) is 88.2 cm³/mol. The van der Waals surface area contributed by atoms with Gasteiger partial charge in [-0.3, -0.25) is 14.5 Å². The van der Waals surface area contributed by atoms with Crippen LogP contribution in [0.2, 0.25) is 0 Å². The van der Waals surface area contributed by atoms with E-state index in [4.69, 9.17) is 21.8 Å². The molecule has 0 aliphatic carbocycles. The van der Waals surface area contributed by atoms with Crippen LogP contribution in [0.25, 0.3) is 10.7 Å². The zero-order valence-corrected chi connectivity index (χ0v) is 14.1. The smallest absolute Gasteiger partial charge is 0.245 e. The number of hydrogen-bond donors (Lipinski definition) is 2. The monoisotopic (exact) mass is 354 g/mol. The van der Waals surface area contributed by atoms with Crippen molar-refractivity contribution in [3.05, 3.63) is 22.3 Å². The van der Waals surface area contributed by atoms with E-state index in [1.807, 2.05) is 22.1 Å². The normalized spacial score (nSPS) is 18.0. The highest BCUT2D eigenvalue weighted by atomic mass is 32.1. The zero-order valence-electron chi connectivity index (χ0n) is 12.5. The number of amides is 1. The van der Waals surface area contributed by atoms with Crippen molar-refractivity contribution in [1.29, 1.82) is 0 Å². The van der Waals surface area contributed by atoms with Crippen LogP contribution in [0.15, 0.2) is 17.5 Å². The van der Waals surface area contributed by atoms with Gasteiger partial charge < -0.3 is 4.74 Å². The van der Waals surface area contributed by atoms with E-state index in [-0.39, 0.29) is 18.6 Å². The third-order valence-corrected chi connectivity index (χ3v) is 4.68. The van der Waals surface area contributed by atoms with Crippen molar-refractivity contribution in [2.45, 2.75) is 38.5 Å². The Kier molecular flexibility index (Phi) is 5.55. The molecule has 0 radical (unpaired) electrons. The number of carbonyl (C=O) groups excluding carboxylic acids is 1. The summed E-state index contributed by atoms with van der Waals surface area (Å²) in [4.78, 5) is 18.2. The molecule has 0 bridgehead atoms. The van der Waals surface area contributed by atoms with Gasteiger partial charge in [0.25, 0.3) is 0 Å². The fraction of sp³-hybridized carbons (Fsp3) is 0.500. The Bertz CT molecular complexity index is 689. The van der Waals surface area contributed by atoms with Crippen molar-refractivity contribution in [3.8, 4) is 10.7 Å². The van der Waals surface area contributed by atoms with Gasteiger partial charge in [0.1, 0.15) is 0 Å². The predicted octanol–water partition coefficient (Wildman–Crippen LogP) is 2.63. The number of nitrogens with zero attached hydrogens (tertiary/aromatic N) is 2. The van der Waals surface area contributed by atoms with Crippen LogP contribution in [0.1, 0.15) is 25.7 Å². The van der Waals surface area contributed by atoms with Crippen LogP contribution in [0, 0.1) is 4.77 Å². The summed E-state index contributed by atoms with van der Waals surface area (Å²) in [6.45, 7) is 1.11. The standard InChI is InChI=1S/C14H18N4O3S2/c19-11(17-21-12-5-1-2-8-20-12)6-7-18-13(15-16-14(18)22)10-4-3-9-23-10/h3-4,9,12H,1-2,5-8H2,(H,16,22)(H,17,19). The molecule has 7 nitrogen and oxygen atoms in total. The number of nitrogens with one attached hydrogen (secondary N) is 2. The molecular formula is C14H18N4O3S2. The van der Waals surface area contributed by atoms with E-state index in [1.54, 1.807) is 11.3 Å². The highest BCUT2D eigenvalue weighted by Crippen LogP contribution is 2.22. The Morgan fingerprint density at radius 3 is 3.26 bits per heavy atom. The van der Waals surface area contributed by atoms with Crippen LogP contribution in [-0.4, -0.2) is 33.6 Å². The molecule has 0 spiro atoms. The van der Waals surface area contributed by atoms with Gasteiger partial charge in [-0.2, -0.15) is 5.10 Å². The lowest BCUT2D eigenvalue weighted by atomic mass is 10.2. The molecule has 124 valence electrons. The van der Waals surface area contributed by atoms with Crippen molar-refractivity contribution < 1.29 is 14.4 Å². The SMILES string of the molecule is O=C(CCn1c(-c2cccs2)n[nH]c1=S)NOC1CCCCO1. The summed E-state index contributed by atoms with van der Waals surface area (Å²) in [5, 5.41) is 8.98. The second-order valence-electron chi connectivity index (χ2n) is 5.17. The molecule has 9 heteroatoms. The van der Waals surface area contributed by atoms with E-state index in [1.165, 1.54) is 0 Å². The summed E-state index contributed by atoms with van der Waals surface area (Å²) >= 11 is 6.81. The van der Waals surface area contributed by atoms with E-state index < -0.39 is 0 Å². The summed E-state index contributed by atoms with van der Waals surface area (Å²) in [5.74, 6) is 0.536. The van der Waals surface area contributed by atoms with Gasteiger partial charge in [-0.25, -0.2) is 10.3 Å². The van der Waals surface area contributed by atoms with Crippen LogP contribution < -0.4 is 5.48 Å². The lowest BCUT2D eigenvalue weighted by Gasteiger charge is -2.22. The number of rotatable bonds is 6. The Morgan fingerprint density at radius 2 is 2.52 bits per heavy atom. The molecule has 1 amide bonds. The van der Waals surface area contributed by atoms with Crippen LogP contribution in [-0.2, 0) is 20.9 Å². The zero-order chi connectivity index (χ0) is 16.1. The van der Waals surface area contributed by atoms with Crippen molar-refractivity contribution in [2.24, 2.45) is 0 Å². The summed E-state index contributed by atoms with van der Waals surface area (Å²) in [7, 11) is 0. The molecule has 2 N–H and O–H groups in total. The number of carbonyl (C=O) groups is 1.